The zero-order valence-electron chi connectivity index (χ0n) is 16.6. The minimum atomic E-state index is -0.335. The molecular formula is C22H27FN3O3+. The Balaban J connectivity index is 1.36. The number of nitrogens with one attached hydrogen (secondary N) is 2. The Morgan fingerprint density at radius 1 is 1.10 bits per heavy atom. The summed E-state index contributed by atoms with van der Waals surface area (Å²) >= 11 is 0. The quantitative estimate of drug-likeness (QED) is 0.736. The summed E-state index contributed by atoms with van der Waals surface area (Å²) < 4.78 is 18.6. The van der Waals surface area contributed by atoms with Gasteiger partial charge in [-0.1, -0.05) is 18.2 Å². The van der Waals surface area contributed by atoms with Crippen LogP contribution < -0.4 is 15.0 Å². The van der Waals surface area contributed by atoms with Gasteiger partial charge in [-0.2, -0.15) is 0 Å². The van der Waals surface area contributed by atoms with E-state index in [9.17, 15) is 14.0 Å². The van der Waals surface area contributed by atoms with E-state index in [0.717, 1.165) is 29.3 Å². The first-order chi connectivity index (χ1) is 14.0. The Hall–Kier alpha value is -2.93. The van der Waals surface area contributed by atoms with Crippen LogP contribution in [0.4, 0.5) is 10.1 Å². The fraction of sp³-hybridized carbons (Fsp3) is 0.364. The molecule has 0 aromatic heterocycles. The highest BCUT2D eigenvalue weighted by atomic mass is 19.1. The number of rotatable bonds is 7. The van der Waals surface area contributed by atoms with Crippen LogP contribution in [0.5, 0.6) is 5.75 Å². The molecule has 2 amide bonds. The lowest BCUT2D eigenvalue weighted by Gasteiger charge is -2.32. The van der Waals surface area contributed by atoms with Crippen LogP contribution in [0.3, 0.4) is 0 Å². The predicted molar refractivity (Wildman–Crippen MR) is 108 cm³/mol. The largest absolute Gasteiger partial charge is 0.493 e. The van der Waals surface area contributed by atoms with E-state index < -0.39 is 0 Å². The van der Waals surface area contributed by atoms with E-state index in [-0.39, 0.29) is 17.6 Å². The highest BCUT2D eigenvalue weighted by Crippen LogP contribution is 2.16. The number of carbonyl (C=O) groups excluding carboxylic acids is 2. The molecular weight excluding hydrogens is 373 g/mol. The van der Waals surface area contributed by atoms with Crippen molar-refractivity contribution < 1.29 is 23.6 Å². The smallest absolute Gasteiger partial charge is 0.279 e. The van der Waals surface area contributed by atoms with Crippen molar-refractivity contribution in [2.45, 2.75) is 13.3 Å². The van der Waals surface area contributed by atoms with Crippen LogP contribution in [0.25, 0.3) is 0 Å². The van der Waals surface area contributed by atoms with Crippen molar-refractivity contribution in [2.75, 3.05) is 44.6 Å². The Bertz CT molecular complexity index is 833. The average molecular weight is 400 g/mol. The summed E-state index contributed by atoms with van der Waals surface area (Å²) in [5, 5.41) is 2.77. The summed E-state index contributed by atoms with van der Waals surface area (Å²) in [5.74, 6) is 0.437. The number of aryl methyl sites for hydroxylation is 1. The third-order valence-corrected chi connectivity index (χ3v) is 5.03. The molecule has 1 saturated heterocycles. The summed E-state index contributed by atoms with van der Waals surface area (Å²) in [7, 11) is 0. The van der Waals surface area contributed by atoms with Gasteiger partial charge in [-0.3, -0.25) is 9.59 Å². The van der Waals surface area contributed by atoms with Gasteiger partial charge in [0.2, 0.25) is 5.91 Å². The first-order valence-corrected chi connectivity index (χ1v) is 9.86. The van der Waals surface area contributed by atoms with Crippen LogP contribution >= 0.6 is 0 Å². The van der Waals surface area contributed by atoms with Gasteiger partial charge in [-0.05, 0) is 42.8 Å². The molecule has 0 atom stereocenters. The minimum Gasteiger partial charge on any atom is -0.493 e. The van der Waals surface area contributed by atoms with E-state index >= 15 is 0 Å². The topological polar surface area (TPSA) is 63.1 Å². The lowest BCUT2D eigenvalue weighted by Crippen LogP contribution is -3.15. The van der Waals surface area contributed by atoms with E-state index in [1.54, 1.807) is 0 Å². The lowest BCUT2D eigenvalue weighted by molar-refractivity contribution is -0.895. The predicted octanol–water partition coefficient (Wildman–Crippen LogP) is 1.27. The molecule has 2 N–H and O–H groups in total. The number of quaternary nitrogens is 1. The molecule has 1 aliphatic rings. The molecule has 0 aliphatic carbocycles. The molecule has 0 saturated carbocycles. The van der Waals surface area contributed by atoms with Crippen LogP contribution in [-0.4, -0.2) is 56.0 Å². The summed E-state index contributed by atoms with van der Waals surface area (Å²) in [5.41, 5.74) is 1.63. The minimum absolute atomic E-state index is 0.0772. The number of nitrogens with zero attached hydrogens (tertiary/aromatic N) is 1. The number of benzene rings is 2. The van der Waals surface area contributed by atoms with Crippen LogP contribution in [0.2, 0.25) is 0 Å². The second-order valence-corrected chi connectivity index (χ2v) is 7.23. The summed E-state index contributed by atoms with van der Waals surface area (Å²) in [6, 6.07) is 13.5. The average Bonchev–Trinajstić information content (AvgIpc) is 2.71. The molecule has 0 spiro atoms. The van der Waals surface area contributed by atoms with E-state index in [2.05, 4.69) is 5.32 Å². The van der Waals surface area contributed by atoms with E-state index in [1.807, 2.05) is 36.1 Å². The summed E-state index contributed by atoms with van der Waals surface area (Å²) in [4.78, 5) is 27.5. The fourth-order valence-corrected chi connectivity index (χ4v) is 3.34. The molecule has 2 aromatic rings. The molecule has 154 valence electrons. The first-order valence-electron chi connectivity index (χ1n) is 9.86. The SMILES string of the molecule is Cc1ccccc1OCCC(=O)N1CC[NH+](CC(=O)Nc2ccc(F)cc2)CC1. The van der Waals surface area contributed by atoms with Gasteiger partial charge >= 0.3 is 0 Å². The normalized spacial score (nSPS) is 14.5. The van der Waals surface area contributed by atoms with Gasteiger partial charge in [0.15, 0.2) is 6.54 Å². The lowest BCUT2D eigenvalue weighted by atomic mass is 10.2. The Morgan fingerprint density at radius 2 is 1.79 bits per heavy atom. The number of ether oxygens (including phenoxy) is 1. The fourth-order valence-electron chi connectivity index (χ4n) is 3.34. The Labute approximate surface area is 170 Å². The first kappa shape index (κ1) is 20.8. The van der Waals surface area contributed by atoms with Crippen molar-refractivity contribution in [1.82, 2.24) is 4.90 Å². The van der Waals surface area contributed by atoms with Gasteiger partial charge in [0.1, 0.15) is 11.6 Å². The van der Waals surface area contributed by atoms with E-state index in [1.165, 1.54) is 24.3 Å². The van der Waals surface area contributed by atoms with Crippen molar-refractivity contribution in [3.63, 3.8) is 0 Å². The Kier molecular flexibility index (Phi) is 7.19. The number of halogens is 1. The van der Waals surface area contributed by atoms with Crippen molar-refractivity contribution in [2.24, 2.45) is 0 Å². The van der Waals surface area contributed by atoms with Gasteiger partial charge in [-0.15, -0.1) is 0 Å². The second kappa shape index (κ2) is 10.0. The van der Waals surface area contributed by atoms with Crippen LogP contribution in [0.1, 0.15) is 12.0 Å². The van der Waals surface area contributed by atoms with Crippen LogP contribution in [0.15, 0.2) is 48.5 Å². The number of anilines is 1. The van der Waals surface area contributed by atoms with Crippen molar-refractivity contribution in [1.29, 1.82) is 0 Å². The van der Waals surface area contributed by atoms with Crippen molar-refractivity contribution >= 4 is 17.5 Å². The number of para-hydroxylation sites is 1. The van der Waals surface area contributed by atoms with Crippen LogP contribution in [-0.2, 0) is 9.59 Å². The number of amides is 2. The number of carbonyl (C=O) groups is 2. The molecule has 29 heavy (non-hydrogen) atoms. The van der Waals surface area contributed by atoms with Crippen molar-refractivity contribution in [3.05, 3.63) is 59.9 Å². The molecule has 3 rings (SSSR count). The zero-order valence-corrected chi connectivity index (χ0v) is 16.6. The van der Waals surface area contributed by atoms with E-state index in [0.29, 0.717) is 38.3 Å². The van der Waals surface area contributed by atoms with Gasteiger partial charge in [-0.25, -0.2) is 4.39 Å². The van der Waals surface area contributed by atoms with Gasteiger partial charge in [0.25, 0.3) is 5.91 Å². The molecule has 7 heteroatoms. The number of piperazine rings is 1. The van der Waals surface area contributed by atoms with Gasteiger partial charge < -0.3 is 19.9 Å². The number of hydrogen-bond donors (Lipinski definition) is 2. The standard InChI is InChI=1S/C22H26FN3O3/c1-17-4-2-3-5-20(17)29-15-10-22(28)26-13-11-25(12-14-26)16-21(27)24-19-8-6-18(23)7-9-19/h2-9H,10-16H2,1H3,(H,24,27)/p+1. The highest BCUT2D eigenvalue weighted by molar-refractivity contribution is 5.91. The summed E-state index contributed by atoms with van der Waals surface area (Å²) in [6.45, 7) is 5.37. The third-order valence-electron chi connectivity index (χ3n) is 5.03. The molecule has 0 unspecified atom stereocenters. The van der Waals surface area contributed by atoms with Crippen LogP contribution in [0, 0.1) is 12.7 Å². The number of hydrogen-bond acceptors (Lipinski definition) is 3. The van der Waals surface area contributed by atoms with E-state index in [4.69, 9.17) is 4.74 Å². The maximum Gasteiger partial charge on any atom is 0.279 e. The maximum atomic E-state index is 12.9. The maximum absolute atomic E-state index is 12.9. The zero-order chi connectivity index (χ0) is 20.6. The van der Waals surface area contributed by atoms with Crippen molar-refractivity contribution in [3.8, 4) is 5.75 Å². The summed E-state index contributed by atoms with van der Waals surface area (Å²) in [6.07, 6.45) is 0.342. The Morgan fingerprint density at radius 3 is 2.48 bits per heavy atom. The molecule has 2 aromatic carbocycles. The third kappa shape index (κ3) is 6.29. The van der Waals surface area contributed by atoms with Gasteiger partial charge in [0, 0.05) is 5.69 Å². The van der Waals surface area contributed by atoms with Gasteiger partial charge in [0.05, 0.1) is 39.2 Å². The molecule has 0 bridgehead atoms. The molecule has 6 nitrogen and oxygen atoms in total. The molecule has 1 fully saturated rings. The second-order valence-electron chi connectivity index (χ2n) is 7.23. The molecule has 0 radical (unpaired) electrons. The monoisotopic (exact) mass is 400 g/mol. The molecule has 1 aliphatic heterocycles. The molecule has 1 heterocycles. The highest BCUT2D eigenvalue weighted by Gasteiger charge is 2.25.